The molecule has 1 heterocycles. The van der Waals surface area contributed by atoms with Crippen LogP contribution >= 0.6 is 11.6 Å². The van der Waals surface area contributed by atoms with E-state index in [1.165, 1.54) is 7.11 Å². The van der Waals surface area contributed by atoms with Crippen LogP contribution in [-0.4, -0.2) is 30.2 Å². The van der Waals surface area contributed by atoms with E-state index in [9.17, 15) is 4.79 Å². The van der Waals surface area contributed by atoms with E-state index >= 15 is 0 Å². The predicted molar refractivity (Wildman–Crippen MR) is 99.6 cm³/mol. The van der Waals surface area contributed by atoms with Crippen LogP contribution in [-0.2, 0) is 11.2 Å². The molecule has 0 spiro atoms. The van der Waals surface area contributed by atoms with Gasteiger partial charge < -0.3 is 9.47 Å². The van der Waals surface area contributed by atoms with Crippen LogP contribution in [0.15, 0.2) is 54.7 Å². The van der Waals surface area contributed by atoms with Crippen molar-refractivity contribution in [2.75, 3.05) is 14.2 Å². The second-order valence-corrected chi connectivity index (χ2v) is 6.03. The lowest BCUT2D eigenvalue weighted by Crippen LogP contribution is -2.02. The van der Waals surface area contributed by atoms with Crippen molar-refractivity contribution >= 4 is 17.6 Å². The largest absolute Gasteiger partial charge is 0.479 e. The maximum atomic E-state index is 11.5. The highest BCUT2D eigenvalue weighted by atomic mass is 35.5. The Labute approximate surface area is 156 Å². The Balaban J connectivity index is 1.89. The van der Waals surface area contributed by atoms with Crippen LogP contribution in [0.3, 0.4) is 0 Å². The molecule has 3 rings (SSSR count). The van der Waals surface area contributed by atoms with E-state index in [0.717, 1.165) is 16.8 Å². The average molecular weight is 369 g/mol. The Morgan fingerprint density at radius 2 is 1.88 bits per heavy atom. The summed E-state index contributed by atoms with van der Waals surface area (Å²) in [4.78, 5) is 20.6. The third-order valence-electron chi connectivity index (χ3n) is 3.84. The van der Waals surface area contributed by atoms with Gasteiger partial charge in [0.05, 0.1) is 31.7 Å². The fraction of sp³-hybridized carbons (Fsp3) is 0.150. The van der Waals surface area contributed by atoms with Crippen LogP contribution < -0.4 is 4.74 Å². The van der Waals surface area contributed by atoms with Crippen molar-refractivity contribution in [1.82, 2.24) is 9.97 Å². The van der Waals surface area contributed by atoms with Gasteiger partial charge in [-0.25, -0.2) is 14.8 Å². The normalized spacial score (nSPS) is 10.4. The first-order chi connectivity index (χ1) is 12.6. The molecule has 0 N–H and O–H groups in total. The van der Waals surface area contributed by atoms with Gasteiger partial charge >= 0.3 is 5.97 Å². The summed E-state index contributed by atoms with van der Waals surface area (Å²) in [7, 11) is 2.92. The fourth-order valence-corrected chi connectivity index (χ4v) is 2.75. The Morgan fingerprint density at radius 3 is 2.54 bits per heavy atom. The molecule has 0 atom stereocenters. The lowest BCUT2D eigenvalue weighted by Gasteiger charge is -2.10. The predicted octanol–water partition coefficient (Wildman–Crippen LogP) is 4.18. The van der Waals surface area contributed by atoms with E-state index in [4.69, 9.17) is 21.1 Å². The Bertz CT molecular complexity index is 927. The first-order valence-electron chi connectivity index (χ1n) is 7.94. The molecule has 0 fully saturated rings. The van der Waals surface area contributed by atoms with Gasteiger partial charge in [-0.3, -0.25) is 0 Å². The molecule has 0 unspecified atom stereocenters. The second kappa shape index (κ2) is 7.97. The summed E-state index contributed by atoms with van der Waals surface area (Å²) in [5.41, 5.74) is 3.78. The van der Waals surface area contributed by atoms with Crippen molar-refractivity contribution < 1.29 is 14.3 Å². The first kappa shape index (κ1) is 17.9. The van der Waals surface area contributed by atoms with Crippen LogP contribution in [0.2, 0.25) is 5.02 Å². The SMILES string of the molecule is COC(=O)c1ccc(Cc2cnc(OC)c(-c3cccc(Cl)c3)n2)cc1. The molecule has 3 aromatic rings. The fourth-order valence-electron chi connectivity index (χ4n) is 2.56. The highest BCUT2D eigenvalue weighted by molar-refractivity contribution is 6.30. The van der Waals surface area contributed by atoms with Gasteiger partial charge in [-0.1, -0.05) is 35.9 Å². The monoisotopic (exact) mass is 368 g/mol. The van der Waals surface area contributed by atoms with Gasteiger partial charge in [0.25, 0.3) is 0 Å². The number of carbonyl (C=O) groups is 1. The van der Waals surface area contributed by atoms with Crippen LogP contribution in [0.4, 0.5) is 0 Å². The number of methoxy groups -OCH3 is 2. The first-order valence-corrected chi connectivity index (χ1v) is 8.31. The van der Waals surface area contributed by atoms with Crippen molar-refractivity contribution in [2.24, 2.45) is 0 Å². The zero-order valence-corrected chi connectivity index (χ0v) is 15.2. The van der Waals surface area contributed by atoms with Crippen LogP contribution in [0.25, 0.3) is 11.3 Å². The van der Waals surface area contributed by atoms with E-state index in [0.29, 0.717) is 28.6 Å². The minimum absolute atomic E-state index is 0.357. The third kappa shape index (κ3) is 4.00. The maximum absolute atomic E-state index is 11.5. The number of rotatable bonds is 5. The van der Waals surface area contributed by atoms with Crippen LogP contribution in [0, 0.1) is 0 Å². The highest BCUT2D eigenvalue weighted by Gasteiger charge is 2.12. The number of hydrogen-bond acceptors (Lipinski definition) is 5. The molecule has 0 saturated carbocycles. The molecule has 132 valence electrons. The van der Waals surface area contributed by atoms with E-state index < -0.39 is 0 Å². The third-order valence-corrected chi connectivity index (χ3v) is 4.08. The zero-order chi connectivity index (χ0) is 18.5. The van der Waals surface area contributed by atoms with E-state index in [2.05, 4.69) is 9.97 Å². The molecule has 0 aliphatic carbocycles. The standard InChI is InChI=1S/C20H17ClN2O3/c1-25-19-18(15-4-3-5-16(21)11-15)23-17(12-22-19)10-13-6-8-14(9-7-13)20(24)26-2/h3-9,11-12H,10H2,1-2H3. The van der Waals surface area contributed by atoms with Gasteiger partial charge in [-0.2, -0.15) is 0 Å². The summed E-state index contributed by atoms with van der Waals surface area (Å²) >= 11 is 6.09. The van der Waals surface area contributed by atoms with Crippen molar-refractivity contribution in [3.05, 3.63) is 76.6 Å². The number of halogens is 1. The zero-order valence-electron chi connectivity index (χ0n) is 14.4. The minimum Gasteiger partial charge on any atom is -0.479 e. The average Bonchev–Trinajstić information content (AvgIpc) is 2.68. The molecule has 0 radical (unpaired) electrons. The van der Waals surface area contributed by atoms with Crippen molar-refractivity contribution in [2.45, 2.75) is 6.42 Å². The summed E-state index contributed by atoms with van der Waals surface area (Å²) in [6.07, 6.45) is 2.26. The number of hydrogen-bond donors (Lipinski definition) is 0. The molecule has 2 aromatic carbocycles. The van der Waals surface area contributed by atoms with E-state index in [-0.39, 0.29) is 5.97 Å². The van der Waals surface area contributed by atoms with Gasteiger partial charge in [0.15, 0.2) is 0 Å². The molecular formula is C20H17ClN2O3. The molecular weight excluding hydrogens is 352 g/mol. The molecule has 26 heavy (non-hydrogen) atoms. The molecule has 0 amide bonds. The number of aromatic nitrogens is 2. The molecule has 5 nitrogen and oxygen atoms in total. The second-order valence-electron chi connectivity index (χ2n) is 5.59. The number of carbonyl (C=O) groups excluding carboxylic acids is 1. The lowest BCUT2D eigenvalue weighted by molar-refractivity contribution is 0.0600. The molecule has 0 bridgehead atoms. The number of benzene rings is 2. The molecule has 6 heteroatoms. The number of ether oxygens (including phenoxy) is 2. The van der Waals surface area contributed by atoms with E-state index in [1.807, 2.05) is 30.3 Å². The van der Waals surface area contributed by atoms with Crippen LogP contribution in [0.1, 0.15) is 21.6 Å². The maximum Gasteiger partial charge on any atom is 0.337 e. The molecule has 0 saturated heterocycles. The summed E-state index contributed by atoms with van der Waals surface area (Å²) in [5, 5.41) is 0.621. The summed E-state index contributed by atoms with van der Waals surface area (Å²) in [5.74, 6) is 0.0843. The summed E-state index contributed by atoms with van der Waals surface area (Å²) in [6.45, 7) is 0. The highest BCUT2D eigenvalue weighted by Crippen LogP contribution is 2.28. The lowest BCUT2D eigenvalue weighted by atomic mass is 10.1. The smallest absolute Gasteiger partial charge is 0.337 e. The van der Waals surface area contributed by atoms with Crippen LogP contribution in [0.5, 0.6) is 5.88 Å². The number of nitrogens with zero attached hydrogens (tertiary/aromatic N) is 2. The minimum atomic E-state index is -0.357. The Hall–Kier alpha value is -2.92. The summed E-state index contributed by atoms with van der Waals surface area (Å²) < 4.78 is 10.0. The van der Waals surface area contributed by atoms with E-state index in [1.54, 1.807) is 31.5 Å². The van der Waals surface area contributed by atoms with Gasteiger partial charge in [-0.05, 0) is 29.8 Å². The molecule has 1 aromatic heterocycles. The quantitative estimate of drug-likeness (QED) is 0.632. The molecule has 0 aliphatic heterocycles. The van der Waals surface area contributed by atoms with Crippen molar-refractivity contribution in [3.63, 3.8) is 0 Å². The Morgan fingerprint density at radius 1 is 1.12 bits per heavy atom. The Kier molecular flexibility index (Phi) is 5.49. The van der Waals surface area contributed by atoms with Gasteiger partial charge in [0, 0.05) is 17.0 Å². The van der Waals surface area contributed by atoms with Gasteiger partial charge in [0.1, 0.15) is 5.69 Å². The number of esters is 1. The van der Waals surface area contributed by atoms with Crippen molar-refractivity contribution in [1.29, 1.82) is 0 Å². The van der Waals surface area contributed by atoms with Gasteiger partial charge in [-0.15, -0.1) is 0 Å². The summed E-state index contributed by atoms with van der Waals surface area (Å²) in [6, 6.07) is 14.6. The molecule has 0 aliphatic rings. The van der Waals surface area contributed by atoms with Gasteiger partial charge in [0.2, 0.25) is 5.88 Å². The van der Waals surface area contributed by atoms with Crippen molar-refractivity contribution in [3.8, 4) is 17.1 Å². The topological polar surface area (TPSA) is 61.3 Å².